The molecule has 5 N–H and O–H groups in total. The number of nitrogens with zero attached hydrogens (tertiary/aromatic N) is 1. The van der Waals surface area contributed by atoms with Gasteiger partial charge in [0, 0.05) is 26.5 Å². The summed E-state index contributed by atoms with van der Waals surface area (Å²) in [5.41, 5.74) is 7.27. The van der Waals surface area contributed by atoms with Crippen LogP contribution in [0.1, 0.15) is 21.0 Å². The van der Waals surface area contributed by atoms with E-state index in [1.807, 2.05) is 0 Å². The Hall–Kier alpha value is -2.70. The van der Waals surface area contributed by atoms with Crippen molar-refractivity contribution in [2.75, 3.05) is 18.1 Å². The molecule has 2 amide bonds. The number of hydrogen-bond donors (Lipinski definition) is 4. The topological polar surface area (TPSA) is 105 Å². The minimum atomic E-state index is -0.330. The van der Waals surface area contributed by atoms with Crippen molar-refractivity contribution >= 4 is 23.2 Å². The molecule has 7 heteroatoms. The van der Waals surface area contributed by atoms with Gasteiger partial charge in [0.2, 0.25) is 0 Å². The number of aromatic amines is 1. The number of aromatic nitrogens is 2. The normalized spacial score (nSPS) is 10.2. The zero-order chi connectivity index (χ0) is 14.0. The molecule has 7 nitrogen and oxygen atoms in total. The lowest BCUT2D eigenvalue weighted by atomic mass is 10.3. The fourth-order valence-corrected chi connectivity index (χ4v) is 1.79. The highest BCUT2D eigenvalue weighted by atomic mass is 16.2. The Morgan fingerprint density at radius 3 is 2.68 bits per heavy atom. The molecule has 0 atom stereocenters. The van der Waals surface area contributed by atoms with E-state index in [-0.39, 0.29) is 11.8 Å². The maximum absolute atomic E-state index is 12.1. The number of H-pyrrole nitrogens is 1. The number of rotatable bonds is 3. The van der Waals surface area contributed by atoms with E-state index in [1.54, 1.807) is 36.1 Å². The Labute approximate surface area is 109 Å². The van der Waals surface area contributed by atoms with Gasteiger partial charge in [-0.3, -0.25) is 9.59 Å². The predicted molar refractivity (Wildman–Crippen MR) is 72.0 cm³/mol. The Morgan fingerprint density at radius 2 is 2.11 bits per heavy atom. The van der Waals surface area contributed by atoms with Crippen LogP contribution in [0.2, 0.25) is 0 Å². The molecule has 0 aliphatic carbocycles. The molecular formula is C12H15N5O2. The largest absolute Gasteiger partial charge is 0.397 e. The predicted octanol–water partition coefficient (Wildman–Crippen LogP) is 0.547. The molecule has 2 heterocycles. The molecular weight excluding hydrogens is 246 g/mol. The Bertz CT molecular complexity index is 626. The Balaban J connectivity index is 2.22. The SMILES string of the molecule is CNC(=O)c1[nH]ccc1NC(=O)c1cc(N)cn1C. The van der Waals surface area contributed by atoms with Crippen molar-refractivity contribution in [1.29, 1.82) is 0 Å². The van der Waals surface area contributed by atoms with Crippen LogP contribution < -0.4 is 16.4 Å². The van der Waals surface area contributed by atoms with E-state index < -0.39 is 0 Å². The molecule has 0 aliphatic rings. The molecule has 100 valence electrons. The summed E-state index contributed by atoms with van der Waals surface area (Å²) in [7, 11) is 3.24. The second-order valence-corrected chi connectivity index (χ2v) is 4.07. The van der Waals surface area contributed by atoms with E-state index in [0.29, 0.717) is 22.8 Å². The first-order chi connectivity index (χ1) is 9.02. The van der Waals surface area contributed by atoms with Crippen molar-refractivity contribution in [2.45, 2.75) is 0 Å². The van der Waals surface area contributed by atoms with E-state index in [1.165, 1.54) is 7.05 Å². The molecule has 0 bridgehead atoms. The Kier molecular flexibility index (Phi) is 3.28. The standard InChI is InChI=1S/C12H15N5O2/c1-14-12(19)10-8(3-4-15-10)16-11(18)9-5-7(13)6-17(9)2/h3-6,15H,13H2,1-2H3,(H,14,19)(H,16,18). The van der Waals surface area contributed by atoms with Gasteiger partial charge in [-0.1, -0.05) is 0 Å². The van der Waals surface area contributed by atoms with Crippen LogP contribution in [0.4, 0.5) is 11.4 Å². The molecule has 0 saturated heterocycles. The molecule has 19 heavy (non-hydrogen) atoms. The van der Waals surface area contributed by atoms with Gasteiger partial charge >= 0.3 is 0 Å². The third-order valence-electron chi connectivity index (χ3n) is 2.71. The van der Waals surface area contributed by atoms with Crippen LogP contribution in [0.25, 0.3) is 0 Å². The lowest BCUT2D eigenvalue weighted by molar-refractivity contribution is 0.0959. The number of nitrogens with two attached hydrogens (primary N) is 1. The third-order valence-corrected chi connectivity index (χ3v) is 2.71. The molecule has 2 aromatic heterocycles. The van der Waals surface area contributed by atoms with E-state index in [4.69, 9.17) is 5.73 Å². The monoisotopic (exact) mass is 261 g/mol. The quantitative estimate of drug-likeness (QED) is 0.648. The van der Waals surface area contributed by atoms with Crippen LogP contribution in [0.15, 0.2) is 24.5 Å². The number of anilines is 2. The second kappa shape index (κ2) is 4.89. The summed E-state index contributed by atoms with van der Waals surface area (Å²) < 4.78 is 1.62. The van der Waals surface area contributed by atoms with Gasteiger partial charge < -0.3 is 25.9 Å². The fraction of sp³-hybridized carbons (Fsp3) is 0.167. The zero-order valence-electron chi connectivity index (χ0n) is 10.7. The number of aryl methyl sites for hydroxylation is 1. The van der Waals surface area contributed by atoms with Crippen molar-refractivity contribution in [3.8, 4) is 0 Å². The van der Waals surface area contributed by atoms with Gasteiger partial charge in [0.05, 0.1) is 11.4 Å². The van der Waals surface area contributed by atoms with Gasteiger partial charge in [0.25, 0.3) is 11.8 Å². The lowest BCUT2D eigenvalue weighted by Crippen LogP contribution is -2.22. The first kappa shape index (κ1) is 12.7. The van der Waals surface area contributed by atoms with Crippen molar-refractivity contribution < 1.29 is 9.59 Å². The average molecular weight is 261 g/mol. The van der Waals surface area contributed by atoms with Crippen LogP contribution in [0.5, 0.6) is 0 Å². The van der Waals surface area contributed by atoms with E-state index >= 15 is 0 Å². The van der Waals surface area contributed by atoms with Crippen molar-refractivity contribution in [2.24, 2.45) is 7.05 Å². The summed E-state index contributed by atoms with van der Waals surface area (Å²) in [5, 5.41) is 5.16. The maximum atomic E-state index is 12.1. The second-order valence-electron chi connectivity index (χ2n) is 4.07. The number of carbonyl (C=O) groups is 2. The smallest absolute Gasteiger partial charge is 0.272 e. The summed E-state index contributed by atoms with van der Waals surface area (Å²) in [6, 6.07) is 3.19. The Morgan fingerprint density at radius 1 is 1.37 bits per heavy atom. The fourth-order valence-electron chi connectivity index (χ4n) is 1.79. The molecule has 0 aliphatic heterocycles. The van der Waals surface area contributed by atoms with Crippen LogP contribution in [-0.4, -0.2) is 28.4 Å². The minimum Gasteiger partial charge on any atom is -0.397 e. The number of nitrogen functional groups attached to an aromatic ring is 1. The molecule has 0 fully saturated rings. The maximum Gasteiger partial charge on any atom is 0.272 e. The van der Waals surface area contributed by atoms with E-state index in [9.17, 15) is 9.59 Å². The highest BCUT2D eigenvalue weighted by Gasteiger charge is 2.16. The lowest BCUT2D eigenvalue weighted by Gasteiger charge is -2.06. The molecule has 2 rings (SSSR count). The van der Waals surface area contributed by atoms with Crippen LogP contribution >= 0.6 is 0 Å². The van der Waals surface area contributed by atoms with Gasteiger partial charge in [-0.2, -0.15) is 0 Å². The summed E-state index contributed by atoms with van der Waals surface area (Å²) in [5.74, 6) is -0.629. The summed E-state index contributed by atoms with van der Waals surface area (Å²) >= 11 is 0. The average Bonchev–Trinajstić information content (AvgIpc) is 2.95. The molecule has 0 unspecified atom stereocenters. The van der Waals surface area contributed by atoms with E-state index in [0.717, 1.165) is 0 Å². The van der Waals surface area contributed by atoms with Crippen molar-refractivity contribution in [1.82, 2.24) is 14.9 Å². The first-order valence-corrected chi connectivity index (χ1v) is 5.65. The number of nitrogens with one attached hydrogen (secondary N) is 3. The zero-order valence-corrected chi connectivity index (χ0v) is 10.7. The van der Waals surface area contributed by atoms with Crippen molar-refractivity contribution in [3.05, 3.63) is 35.9 Å². The minimum absolute atomic E-state index is 0.299. The third kappa shape index (κ3) is 2.44. The molecule has 2 aromatic rings. The first-order valence-electron chi connectivity index (χ1n) is 5.65. The van der Waals surface area contributed by atoms with Gasteiger partial charge in [0.15, 0.2) is 0 Å². The molecule has 0 saturated carbocycles. The number of hydrogen-bond acceptors (Lipinski definition) is 3. The number of amides is 2. The van der Waals surface area contributed by atoms with Gasteiger partial charge in [-0.15, -0.1) is 0 Å². The van der Waals surface area contributed by atoms with Gasteiger partial charge in [-0.25, -0.2) is 0 Å². The molecule has 0 aromatic carbocycles. The highest BCUT2D eigenvalue weighted by Crippen LogP contribution is 2.16. The van der Waals surface area contributed by atoms with Gasteiger partial charge in [0.1, 0.15) is 11.4 Å². The van der Waals surface area contributed by atoms with Crippen LogP contribution in [-0.2, 0) is 7.05 Å². The molecule has 0 radical (unpaired) electrons. The van der Waals surface area contributed by atoms with E-state index in [2.05, 4.69) is 15.6 Å². The van der Waals surface area contributed by atoms with Crippen molar-refractivity contribution in [3.63, 3.8) is 0 Å². The van der Waals surface area contributed by atoms with Crippen LogP contribution in [0.3, 0.4) is 0 Å². The number of carbonyl (C=O) groups excluding carboxylic acids is 2. The summed E-state index contributed by atoms with van der Waals surface area (Å²) in [4.78, 5) is 26.4. The molecule has 0 spiro atoms. The highest BCUT2D eigenvalue weighted by molar-refractivity contribution is 6.08. The summed E-state index contributed by atoms with van der Waals surface area (Å²) in [6.45, 7) is 0. The van der Waals surface area contributed by atoms with Crippen LogP contribution in [0, 0.1) is 0 Å². The van der Waals surface area contributed by atoms with Gasteiger partial charge in [-0.05, 0) is 12.1 Å². The summed E-state index contributed by atoms with van der Waals surface area (Å²) in [6.07, 6.45) is 3.23.